The third-order valence-corrected chi connectivity index (χ3v) is 5.96. The molecule has 112 valence electrons. The van der Waals surface area contributed by atoms with Gasteiger partial charge in [-0.3, -0.25) is 0 Å². The molecule has 2 aliphatic rings. The van der Waals surface area contributed by atoms with E-state index < -0.39 is 0 Å². The summed E-state index contributed by atoms with van der Waals surface area (Å²) in [6.45, 7) is 4.72. The fourth-order valence-corrected chi connectivity index (χ4v) is 4.63. The van der Waals surface area contributed by atoms with Crippen molar-refractivity contribution >= 4 is 0 Å². The van der Waals surface area contributed by atoms with Crippen LogP contribution >= 0.6 is 0 Å². The standard InChI is InChI=1S/C18H34O/c1-4-5-6-15-7-9-16(10-8-15)17-11-12-18(19-3)14(2)13-17/h14-18H,4-13H2,1-3H3/t14?,15-,16-,17?,18?. The first-order valence-electron chi connectivity index (χ1n) is 8.77. The average molecular weight is 266 g/mol. The molecule has 1 heteroatoms. The van der Waals surface area contributed by atoms with Gasteiger partial charge in [0.25, 0.3) is 0 Å². The summed E-state index contributed by atoms with van der Waals surface area (Å²) >= 11 is 0. The normalized spacial score (nSPS) is 40.3. The van der Waals surface area contributed by atoms with Crippen molar-refractivity contribution in [1.29, 1.82) is 0 Å². The monoisotopic (exact) mass is 266 g/mol. The van der Waals surface area contributed by atoms with Gasteiger partial charge in [-0.15, -0.1) is 0 Å². The molecule has 2 rings (SSSR count). The number of ether oxygens (including phenoxy) is 1. The molecule has 2 aliphatic carbocycles. The van der Waals surface area contributed by atoms with Crippen LogP contribution < -0.4 is 0 Å². The van der Waals surface area contributed by atoms with Crippen LogP contribution in [0.5, 0.6) is 0 Å². The lowest BCUT2D eigenvalue weighted by Gasteiger charge is -2.40. The molecule has 0 heterocycles. The fraction of sp³-hybridized carbons (Fsp3) is 1.00. The largest absolute Gasteiger partial charge is 0.381 e. The molecule has 2 saturated carbocycles. The molecule has 0 radical (unpaired) electrons. The second-order valence-electron chi connectivity index (χ2n) is 7.25. The van der Waals surface area contributed by atoms with E-state index in [0.717, 1.165) is 23.7 Å². The number of hydrogen-bond acceptors (Lipinski definition) is 1. The van der Waals surface area contributed by atoms with Crippen LogP contribution in [-0.4, -0.2) is 13.2 Å². The SMILES string of the molecule is CCCC[C@H]1CC[C@H](C2CCC(OC)C(C)C2)CC1. The zero-order valence-electron chi connectivity index (χ0n) is 13.4. The van der Waals surface area contributed by atoms with Crippen LogP contribution in [0.4, 0.5) is 0 Å². The first-order valence-corrected chi connectivity index (χ1v) is 8.77. The predicted molar refractivity (Wildman–Crippen MR) is 82.3 cm³/mol. The van der Waals surface area contributed by atoms with E-state index in [4.69, 9.17) is 4.74 Å². The Hall–Kier alpha value is -0.0400. The van der Waals surface area contributed by atoms with Crippen molar-refractivity contribution in [1.82, 2.24) is 0 Å². The lowest BCUT2D eigenvalue weighted by molar-refractivity contribution is -0.000221. The number of hydrogen-bond donors (Lipinski definition) is 0. The molecule has 0 aromatic carbocycles. The third-order valence-electron chi connectivity index (χ3n) is 5.96. The van der Waals surface area contributed by atoms with E-state index in [0.29, 0.717) is 6.10 Å². The quantitative estimate of drug-likeness (QED) is 0.644. The van der Waals surface area contributed by atoms with Crippen LogP contribution in [0, 0.1) is 23.7 Å². The molecule has 0 bridgehead atoms. The summed E-state index contributed by atoms with van der Waals surface area (Å²) in [5, 5.41) is 0. The van der Waals surface area contributed by atoms with Gasteiger partial charge in [-0.2, -0.15) is 0 Å². The highest BCUT2D eigenvalue weighted by atomic mass is 16.5. The van der Waals surface area contributed by atoms with E-state index in [1.807, 2.05) is 7.11 Å². The zero-order valence-corrected chi connectivity index (χ0v) is 13.4. The predicted octanol–water partition coefficient (Wildman–Crippen LogP) is 5.43. The van der Waals surface area contributed by atoms with Gasteiger partial charge in [0.2, 0.25) is 0 Å². The molecule has 0 saturated heterocycles. The van der Waals surface area contributed by atoms with Crippen molar-refractivity contribution in [2.45, 2.75) is 84.2 Å². The van der Waals surface area contributed by atoms with E-state index in [1.54, 1.807) is 0 Å². The second kappa shape index (κ2) is 7.67. The molecule has 0 aromatic heterocycles. The van der Waals surface area contributed by atoms with Crippen LogP contribution in [0.3, 0.4) is 0 Å². The molecule has 0 aromatic rings. The van der Waals surface area contributed by atoms with E-state index in [9.17, 15) is 0 Å². The van der Waals surface area contributed by atoms with Gasteiger partial charge in [0.05, 0.1) is 6.10 Å². The highest BCUT2D eigenvalue weighted by Gasteiger charge is 2.33. The van der Waals surface area contributed by atoms with Crippen molar-refractivity contribution in [3.8, 4) is 0 Å². The lowest BCUT2D eigenvalue weighted by atomic mass is 9.68. The van der Waals surface area contributed by atoms with Gasteiger partial charge in [0.15, 0.2) is 0 Å². The number of methoxy groups -OCH3 is 1. The van der Waals surface area contributed by atoms with Gasteiger partial charge < -0.3 is 4.74 Å². The molecule has 3 unspecified atom stereocenters. The summed E-state index contributed by atoms with van der Waals surface area (Å²) < 4.78 is 5.60. The summed E-state index contributed by atoms with van der Waals surface area (Å²) in [7, 11) is 1.89. The average Bonchev–Trinajstić information content (AvgIpc) is 2.45. The summed E-state index contributed by atoms with van der Waals surface area (Å²) in [4.78, 5) is 0. The van der Waals surface area contributed by atoms with Crippen LogP contribution in [0.1, 0.15) is 78.1 Å². The Kier molecular flexibility index (Phi) is 6.19. The summed E-state index contributed by atoms with van der Waals surface area (Å²) in [5.41, 5.74) is 0. The summed E-state index contributed by atoms with van der Waals surface area (Å²) in [5.74, 6) is 3.89. The maximum absolute atomic E-state index is 5.60. The highest BCUT2D eigenvalue weighted by molar-refractivity contribution is 4.84. The molecule has 0 N–H and O–H groups in total. The van der Waals surface area contributed by atoms with Crippen molar-refractivity contribution in [2.75, 3.05) is 7.11 Å². The molecular weight excluding hydrogens is 232 g/mol. The van der Waals surface area contributed by atoms with Crippen LogP contribution in [-0.2, 0) is 4.74 Å². The van der Waals surface area contributed by atoms with Gasteiger partial charge in [0.1, 0.15) is 0 Å². The van der Waals surface area contributed by atoms with Gasteiger partial charge in [-0.1, -0.05) is 46.0 Å². The number of unbranched alkanes of at least 4 members (excludes halogenated alkanes) is 1. The Morgan fingerprint density at radius 1 is 0.947 bits per heavy atom. The molecule has 0 aliphatic heterocycles. The van der Waals surface area contributed by atoms with Crippen molar-refractivity contribution < 1.29 is 4.74 Å². The minimum Gasteiger partial charge on any atom is -0.381 e. The first kappa shape index (κ1) is 15.4. The Labute approximate surface area is 120 Å². The van der Waals surface area contributed by atoms with Crippen molar-refractivity contribution in [3.05, 3.63) is 0 Å². The molecule has 3 atom stereocenters. The molecular formula is C18H34O. The number of rotatable bonds is 5. The van der Waals surface area contributed by atoms with E-state index >= 15 is 0 Å². The second-order valence-corrected chi connectivity index (χ2v) is 7.25. The Balaban J connectivity index is 1.73. The minimum absolute atomic E-state index is 0.539. The van der Waals surface area contributed by atoms with E-state index in [2.05, 4.69) is 13.8 Å². The van der Waals surface area contributed by atoms with E-state index in [-0.39, 0.29) is 0 Å². The first-order chi connectivity index (χ1) is 9.24. The smallest absolute Gasteiger partial charge is 0.0597 e. The Morgan fingerprint density at radius 3 is 2.21 bits per heavy atom. The summed E-state index contributed by atoms with van der Waals surface area (Å²) in [6.07, 6.45) is 15.1. The van der Waals surface area contributed by atoms with E-state index in [1.165, 1.54) is 64.2 Å². The third kappa shape index (κ3) is 4.21. The minimum atomic E-state index is 0.539. The Bertz CT molecular complexity index is 242. The van der Waals surface area contributed by atoms with Gasteiger partial charge >= 0.3 is 0 Å². The maximum atomic E-state index is 5.60. The van der Waals surface area contributed by atoms with Crippen LogP contribution in [0.25, 0.3) is 0 Å². The molecule has 19 heavy (non-hydrogen) atoms. The van der Waals surface area contributed by atoms with Gasteiger partial charge in [-0.25, -0.2) is 0 Å². The fourth-order valence-electron chi connectivity index (χ4n) is 4.63. The Morgan fingerprint density at radius 2 is 1.63 bits per heavy atom. The van der Waals surface area contributed by atoms with Gasteiger partial charge in [-0.05, 0) is 55.8 Å². The topological polar surface area (TPSA) is 9.23 Å². The van der Waals surface area contributed by atoms with Gasteiger partial charge in [0, 0.05) is 7.11 Å². The zero-order chi connectivity index (χ0) is 13.7. The lowest BCUT2D eigenvalue weighted by Crippen LogP contribution is -2.33. The van der Waals surface area contributed by atoms with Crippen LogP contribution in [0.15, 0.2) is 0 Å². The highest BCUT2D eigenvalue weighted by Crippen LogP contribution is 2.42. The maximum Gasteiger partial charge on any atom is 0.0597 e. The molecule has 2 fully saturated rings. The van der Waals surface area contributed by atoms with Crippen molar-refractivity contribution in [2.24, 2.45) is 23.7 Å². The molecule has 0 amide bonds. The molecule has 0 spiro atoms. The van der Waals surface area contributed by atoms with Crippen molar-refractivity contribution in [3.63, 3.8) is 0 Å². The summed E-state index contributed by atoms with van der Waals surface area (Å²) in [6, 6.07) is 0. The van der Waals surface area contributed by atoms with Crippen LogP contribution in [0.2, 0.25) is 0 Å². The molecule has 1 nitrogen and oxygen atoms in total.